The first-order valence-electron chi connectivity index (χ1n) is 17.1. The largest absolute Gasteiger partial charge is 0.382 e. The molecule has 1 aromatic carbocycles. The molecule has 3 N–H and O–H groups in total. The molecule has 0 aliphatic heterocycles. The average molecular weight is 614 g/mol. The Balaban J connectivity index is 1.65. The summed E-state index contributed by atoms with van der Waals surface area (Å²) < 4.78 is 15.9. The zero-order chi connectivity index (χ0) is 31.5. The number of benzene rings is 1. The van der Waals surface area contributed by atoms with Crippen molar-refractivity contribution in [2.75, 3.05) is 46.7 Å². The van der Waals surface area contributed by atoms with E-state index in [-0.39, 0.29) is 11.8 Å². The lowest BCUT2D eigenvalue weighted by Gasteiger charge is -2.18. The van der Waals surface area contributed by atoms with Crippen LogP contribution in [0.25, 0.3) is 10.9 Å². The summed E-state index contributed by atoms with van der Waals surface area (Å²) in [4.78, 5) is 29.2. The topological polar surface area (TPSA) is 102 Å². The van der Waals surface area contributed by atoms with Crippen molar-refractivity contribution in [3.8, 4) is 0 Å². The minimum Gasteiger partial charge on any atom is -0.382 e. The quantitative estimate of drug-likeness (QED) is 0.0707. The second-order valence-electron chi connectivity index (χ2n) is 11.5. The number of hydrogen-bond acceptors (Lipinski definition) is 5. The summed E-state index contributed by atoms with van der Waals surface area (Å²) in [5.41, 5.74) is 2.02. The molecule has 0 aliphatic rings. The minimum atomic E-state index is -0.649. The molecule has 8 heteroatoms. The van der Waals surface area contributed by atoms with Gasteiger partial charge in [-0.3, -0.25) is 9.59 Å². The van der Waals surface area contributed by atoms with Crippen molar-refractivity contribution in [2.45, 2.75) is 109 Å². The third-order valence-corrected chi connectivity index (χ3v) is 7.77. The van der Waals surface area contributed by atoms with Gasteiger partial charge in [-0.15, -0.1) is 0 Å². The maximum atomic E-state index is 13.1. The third-order valence-electron chi connectivity index (χ3n) is 7.77. The molecule has 1 unspecified atom stereocenters. The Kier molecular flexibility index (Phi) is 21.8. The van der Waals surface area contributed by atoms with Crippen LogP contribution in [-0.4, -0.2) is 69.5 Å². The van der Waals surface area contributed by atoms with Crippen LogP contribution in [-0.2, 0) is 30.2 Å². The van der Waals surface area contributed by atoms with Crippen molar-refractivity contribution in [3.63, 3.8) is 0 Å². The van der Waals surface area contributed by atoms with E-state index in [2.05, 4.69) is 34.7 Å². The Bertz CT molecular complexity index is 1040. The maximum Gasteiger partial charge on any atom is 0.243 e. The molecule has 0 saturated carbocycles. The second kappa shape index (κ2) is 25.6. The van der Waals surface area contributed by atoms with Gasteiger partial charge >= 0.3 is 0 Å². The van der Waals surface area contributed by atoms with E-state index in [1.165, 1.54) is 64.2 Å². The fraction of sp³-hybridized carbons (Fsp3) is 0.667. The number of ether oxygens (including phenoxy) is 3. The number of aromatic nitrogens is 1. The van der Waals surface area contributed by atoms with Crippen molar-refractivity contribution in [2.24, 2.45) is 0 Å². The number of aromatic amines is 1. The molecule has 0 bridgehead atoms. The van der Waals surface area contributed by atoms with Crippen molar-refractivity contribution in [1.82, 2.24) is 15.6 Å². The number of fused-ring (bicyclic) bond motifs is 1. The van der Waals surface area contributed by atoms with E-state index in [0.717, 1.165) is 35.7 Å². The molecule has 0 spiro atoms. The molecular weight excluding hydrogens is 554 g/mol. The Morgan fingerprint density at radius 1 is 0.818 bits per heavy atom. The van der Waals surface area contributed by atoms with E-state index in [1.807, 2.05) is 30.5 Å². The summed E-state index contributed by atoms with van der Waals surface area (Å²) in [7, 11) is 1.64. The Morgan fingerprint density at radius 3 is 2.18 bits per heavy atom. The van der Waals surface area contributed by atoms with E-state index in [9.17, 15) is 9.59 Å². The molecule has 0 radical (unpaired) electrons. The molecule has 248 valence electrons. The fourth-order valence-electron chi connectivity index (χ4n) is 5.19. The SMILES string of the molecule is CCCCCC/C=C\CCCCCCCCCC(=O)NC(Cc1c[nH]c2ccccc12)C(=O)NCCOCCOCCOC. The number of H-pyrrole nitrogens is 1. The summed E-state index contributed by atoms with van der Waals surface area (Å²) in [5, 5.41) is 7.00. The number of carbonyl (C=O) groups excluding carboxylic acids is 2. The minimum absolute atomic E-state index is 0.0732. The van der Waals surface area contributed by atoms with Gasteiger partial charge in [0.05, 0.1) is 33.0 Å². The van der Waals surface area contributed by atoms with Gasteiger partial charge in [-0.1, -0.05) is 88.6 Å². The van der Waals surface area contributed by atoms with Crippen LogP contribution in [0.2, 0.25) is 0 Å². The van der Waals surface area contributed by atoms with Gasteiger partial charge in [0, 0.05) is 43.6 Å². The number of hydrogen-bond donors (Lipinski definition) is 3. The van der Waals surface area contributed by atoms with Gasteiger partial charge in [-0.2, -0.15) is 0 Å². The Hall–Kier alpha value is -2.68. The highest BCUT2D eigenvalue weighted by atomic mass is 16.5. The monoisotopic (exact) mass is 613 g/mol. The molecule has 2 amide bonds. The number of para-hydroxylation sites is 1. The first-order chi connectivity index (χ1) is 21.7. The van der Waals surface area contributed by atoms with Crippen LogP contribution in [0.15, 0.2) is 42.6 Å². The lowest BCUT2D eigenvalue weighted by atomic mass is 10.0. The van der Waals surface area contributed by atoms with Gasteiger partial charge < -0.3 is 29.8 Å². The van der Waals surface area contributed by atoms with Crippen LogP contribution in [0.1, 0.15) is 102 Å². The van der Waals surface area contributed by atoms with Gasteiger partial charge in [-0.25, -0.2) is 0 Å². The summed E-state index contributed by atoms with van der Waals surface area (Å²) >= 11 is 0. The highest BCUT2D eigenvalue weighted by molar-refractivity contribution is 5.89. The molecule has 0 fully saturated rings. The number of unbranched alkanes of at least 4 members (excludes halogenated alkanes) is 11. The van der Waals surface area contributed by atoms with Crippen molar-refractivity contribution < 1.29 is 23.8 Å². The van der Waals surface area contributed by atoms with Gasteiger partial charge in [0.2, 0.25) is 11.8 Å². The average Bonchev–Trinajstić information content (AvgIpc) is 3.44. The summed E-state index contributed by atoms with van der Waals surface area (Å²) in [6, 6.07) is 7.36. The van der Waals surface area contributed by atoms with Crippen LogP contribution in [0.3, 0.4) is 0 Å². The van der Waals surface area contributed by atoms with Crippen LogP contribution in [0.4, 0.5) is 0 Å². The van der Waals surface area contributed by atoms with Crippen molar-refractivity contribution in [1.29, 1.82) is 0 Å². The van der Waals surface area contributed by atoms with E-state index in [0.29, 0.717) is 52.4 Å². The first-order valence-corrected chi connectivity index (χ1v) is 17.1. The third kappa shape index (κ3) is 17.6. The summed E-state index contributed by atoms with van der Waals surface area (Å²) in [5.74, 6) is -0.272. The molecule has 44 heavy (non-hydrogen) atoms. The van der Waals surface area contributed by atoms with Gasteiger partial charge in [0.1, 0.15) is 6.04 Å². The Labute approximate surface area is 266 Å². The predicted octanol–water partition coefficient (Wildman–Crippen LogP) is 7.03. The molecule has 0 saturated heterocycles. The van der Waals surface area contributed by atoms with E-state index < -0.39 is 6.04 Å². The van der Waals surface area contributed by atoms with Gasteiger partial charge in [0.15, 0.2) is 0 Å². The smallest absolute Gasteiger partial charge is 0.243 e. The normalized spacial score (nSPS) is 12.2. The van der Waals surface area contributed by atoms with Gasteiger partial charge in [-0.05, 0) is 43.7 Å². The van der Waals surface area contributed by atoms with Gasteiger partial charge in [0.25, 0.3) is 0 Å². The van der Waals surface area contributed by atoms with E-state index >= 15 is 0 Å². The van der Waals surface area contributed by atoms with E-state index in [4.69, 9.17) is 14.2 Å². The molecule has 1 heterocycles. The zero-order valence-corrected chi connectivity index (χ0v) is 27.5. The van der Waals surface area contributed by atoms with E-state index in [1.54, 1.807) is 7.11 Å². The summed E-state index contributed by atoms with van der Waals surface area (Å²) in [6.07, 6.45) is 23.3. The standard InChI is InChI=1S/C36H59N3O5/c1-3-4-5-6-7-8-9-10-11-12-13-14-15-16-17-22-35(40)39-34(29-31-30-38-33-21-19-18-20-32(31)33)36(41)37-23-24-43-27-28-44-26-25-42-2/h8-9,18-21,30,34,38H,3-7,10-17,22-29H2,1-2H3,(H,37,41)(H,39,40)/b9-8-. The molecular formula is C36H59N3O5. The number of allylic oxidation sites excluding steroid dienone is 2. The number of amides is 2. The Morgan fingerprint density at radius 2 is 1.45 bits per heavy atom. The predicted molar refractivity (Wildman–Crippen MR) is 180 cm³/mol. The molecule has 2 rings (SSSR count). The van der Waals surface area contributed by atoms with Crippen LogP contribution in [0, 0.1) is 0 Å². The highest BCUT2D eigenvalue weighted by Crippen LogP contribution is 2.19. The zero-order valence-electron chi connectivity index (χ0n) is 27.5. The lowest BCUT2D eigenvalue weighted by molar-refractivity contribution is -0.129. The van der Waals surface area contributed by atoms with Crippen LogP contribution in [0.5, 0.6) is 0 Å². The molecule has 0 aliphatic carbocycles. The molecule has 1 aromatic heterocycles. The van der Waals surface area contributed by atoms with Crippen LogP contribution >= 0.6 is 0 Å². The molecule has 8 nitrogen and oxygen atoms in total. The summed E-state index contributed by atoms with van der Waals surface area (Å²) in [6.45, 7) is 5.01. The van der Waals surface area contributed by atoms with Crippen molar-refractivity contribution in [3.05, 3.63) is 48.2 Å². The number of nitrogens with one attached hydrogen (secondary N) is 3. The highest BCUT2D eigenvalue weighted by Gasteiger charge is 2.22. The fourth-order valence-corrected chi connectivity index (χ4v) is 5.19. The van der Waals surface area contributed by atoms with Crippen LogP contribution < -0.4 is 10.6 Å². The number of carbonyl (C=O) groups is 2. The molecule has 2 aromatic rings. The first kappa shape index (κ1) is 37.5. The molecule has 1 atom stereocenters. The number of rotatable bonds is 28. The van der Waals surface area contributed by atoms with Crippen molar-refractivity contribution >= 4 is 22.7 Å². The second-order valence-corrected chi connectivity index (χ2v) is 11.5. The number of methoxy groups -OCH3 is 1. The lowest BCUT2D eigenvalue weighted by Crippen LogP contribution is -2.48. The maximum absolute atomic E-state index is 13.1.